The summed E-state index contributed by atoms with van der Waals surface area (Å²) in [6.45, 7) is 8.40. The van der Waals surface area contributed by atoms with E-state index < -0.39 is 33.0 Å². The Hall–Kier alpha value is 1.18. The quantitative estimate of drug-likeness (QED) is 0.137. The molecule has 3 fully saturated rings. The molecule has 0 radical (unpaired) electrons. The molecule has 4 rings (SSSR count). The number of rotatable bonds is 9. The molecule has 0 saturated heterocycles. The fourth-order valence-electron chi connectivity index (χ4n) is 8.89. The zero-order valence-corrected chi connectivity index (χ0v) is 30.4. The second-order valence-corrected chi connectivity index (χ2v) is 14.9. The van der Waals surface area contributed by atoms with E-state index in [2.05, 4.69) is 26.0 Å². The second kappa shape index (κ2) is 14.1. The first-order valence-corrected chi connectivity index (χ1v) is 16.5. The van der Waals surface area contributed by atoms with Gasteiger partial charge >= 0.3 is 59.1 Å². The van der Waals surface area contributed by atoms with Gasteiger partial charge in [-0.3, -0.25) is 8.37 Å². The largest absolute Gasteiger partial charge is 1.00 e. The smallest absolute Gasteiger partial charge is 0.726 e. The number of aliphatic hydroxyl groups excluding tert-OH is 1. The molecule has 0 bridgehead atoms. The van der Waals surface area contributed by atoms with Crippen molar-refractivity contribution in [1.82, 2.24) is 0 Å². The predicted octanol–water partition coefficient (Wildman–Crippen LogP) is -1.77. The molecule has 1 N–H and O–H groups in total. The molecule has 0 heterocycles. The van der Waals surface area contributed by atoms with Gasteiger partial charge in [-0.2, -0.15) is 0 Å². The topological polar surface area (TPSA) is 153 Å². The maximum absolute atomic E-state index is 11.3. The molecule has 2 unspecified atom stereocenters. The molecule has 0 aromatic carbocycles. The number of hydrogen-bond acceptors (Lipinski definition) is 9. The van der Waals surface area contributed by atoms with Gasteiger partial charge in [-0.05, 0) is 112 Å². The maximum atomic E-state index is 11.3. The van der Waals surface area contributed by atoms with Crippen molar-refractivity contribution >= 4 is 20.8 Å². The second-order valence-electron chi connectivity index (χ2n) is 12.8. The Morgan fingerprint density at radius 2 is 1.77 bits per heavy atom. The normalized spacial score (nSPS) is 37.9. The summed E-state index contributed by atoms with van der Waals surface area (Å²) >= 11 is 0. The molecule has 0 aromatic heterocycles. The number of allylic oxidation sites excluding steroid dienone is 3. The van der Waals surface area contributed by atoms with Crippen LogP contribution in [0.15, 0.2) is 23.3 Å². The van der Waals surface area contributed by atoms with Crippen molar-refractivity contribution in [3.05, 3.63) is 23.3 Å². The summed E-state index contributed by atoms with van der Waals surface area (Å²) in [4.78, 5) is 0. The molecular formula is C27H42Na2O9S2. The van der Waals surface area contributed by atoms with Crippen LogP contribution in [0.1, 0.15) is 85.5 Å². The molecule has 9 atom stereocenters. The Bertz CT molecular complexity index is 1170. The van der Waals surface area contributed by atoms with Crippen molar-refractivity contribution in [1.29, 1.82) is 0 Å². The van der Waals surface area contributed by atoms with Crippen molar-refractivity contribution in [3.8, 4) is 0 Å². The van der Waals surface area contributed by atoms with Crippen LogP contribution >= 0.6 is 0 Å². The molecule has 0 aromatic rings. The van der Waals surface area contributed by atoms with E-state index in [-0.39, 0.29) is 101 Å². The summed E-state index contributed by atoms with van der Waals surface area (Å²) in [5.41, 5.74) is 1.93. The minimum absolute atomic E-state index is 0. The summed E-state index contributed by atoms with van der Waals surface area (Å²) in [5, 5.41) is 10.5. The summed E-state index contributed by atoms with van der Waals surface area (Å²) in [6.07, 6.45) is 9.09. The van der Waals surface area contributed by atoms with Crippen LogP contribution in [-0.2, 0) is 29.2 Å². The average Bonchev–Trinajstić information content (AvgIpc) is 3.12. The molecule has 0 aliphatic heterocycles. The van der Waals surface area contributed by atoms with Crippen molar-refractivity contribution in [2.24, 2.45) is 40.4 Å². The van der Waals surface area contributed by atoms with Crippen molar-refractivity contribution < 1.29 is 98.5 Å². The van der Waals surface area contributed by atoms with Crippen LogP contribution in [0.25, 0.3) is 0 Å². The fraction of sp³-hybridized carbons (Fsp3) is 0.852. The first-order valence-electron chi connectivity index (χ1n) is 13.8. The number of fused-ring (bicyclic) bond motifs is 5. The van der Waals surface area contributed by atoms with E-state index in [1.165, 1.54) is 5.57 Å². The summed E-state index contributed by atoms with van der Waals surface area (Å²) < 4.78 is 77.5. The van der Waals surface area contributed by atoms with Crippen molar-refractivity contribution in [3.63, 3.8) is 0 Å². The standard InChI is InChI=1S/C27H44O9S2.2Na/c1-17(2)6-5-7-18(16-35-37(29,30)31)21-10-11-22-20-9-8-19-14-24(28)25(36-38(32,33)34)15-27(19,4)23(20)12-13-26(21,22)3;;/h6,8,18,20-25,28H,5,7,9-16H2,1-4H3,(H,29,30,31)(H,32,33,34);;/q;2*+1/p-2/t18?,20?,21-,22+,23+,24+,25+,26-,27+;;/m1../s1. The van der Waals surface area contributed by atoms with E-state index in [1.54, 1.807) is 0 Å². The zero-order chi connectivity index (χ0) is 28.1. The molecule has 4 aliphatic rings. The monoisotopic (exact) mass is 620 g/mol. The number of aliphatic hydroxyl groups is 1. The Kier molecular flexibility index (Phi) is 13.2. The van der Waals surface area contributed by atoms with E-state index in [9.17, 15) is 31.0 Å². The van der Waals surface area contributed by atoms with Gasteiger partial charge in [0.25, 0.3) is 0 Å². The Balaban J connectivity index is 0.00000280. The van der Waals surface area contributed by atoms with E-state index in [1.807, 2.05) is 13.8 Å². The fourth-order valence-corrected chi connectivity index (χ4v) is 9.73. The average molecular weight is 621 g/mol. The molecule has 9 nitrogen and oxygen atoms in total. The van der Waals surface area contributed by atoms with Crippen LogP contribution < -0.4 is 59.1 Å². The maximum Gasteiger partial charge on any atom is 1.00 e. The third-order valence-electron chi connectivity index (χ3n) is 10.5. The van der Waals surface area contributed by atoms with E-state index in [0.717, 1.165) is 50.5 Å². The Morgan fingerprint density at radius 1 is 1.10 bits per heavy atom. The van der Waals surface area contributed by atoms with Crippen LogP contribution in [0.3, 0.4) is 0 Å². The molecule has 13 heteroatoms. The third kappa shape index (κ3) is 8.25. The summed E-state index contributed by atoms with van der Waals surface area (Å²) in [5.74, 6) is 1.21. The van der Waals surface area contributed by atoms with Gasteiger partial charge in [0.1, 0.15) is 6.10 Å². The molecule has 3 saturated carbocycles. The van der Waals surface area contributed by atoms with E-state index in [0.29, 0.717) is 18.3 Å². The predicted molar refractivity (Wildman–Crippen MR) is 139 cm³/mol. The third-order valence-corrected chi connectivity index (χ3v) is 11.4. The molecular weight excluding hydrogens is 578 g/mol. The van der Waals surface area contributed by atoms with Crippen LogP contribution in [0, 0.1) is 40.4 Å². The van der Waals surface area contributed by atoms with Crippen LogP contribution in [0.2, 0.25) is 0 Å². The SMILES string of the molecule is CC(C)=CCCC(COS(=O)(=O)[O-])[C@H]1CC[C@H]2C3CC=C4C[C@H](O)[C@@H](OS(=O)(=O)[O-])C[C@]4(C)[C@H]3CC[C@]12C.[Na+].[Na+]. The molecule has 4 aliphatic carbocycles. The van der Waals surface area contributed by atoms with Gasteiger partial charge in [-0.25, -0.2) is 16.8 Å². The molecule has 0 spiro atoms. The van der Waals surface area contributed by atoms with Crippen LogP contribution in [0.5, 0.6) is 0 Å². The van der Waals surface area contributed by atoms with Gasteiger partial charge in [-0.15, -0.1) is 0 Å². The van der Waals surface area contributed by atoms with Gasteiger partial charge in [0.15, 0.2) is 0 Å². The summed E-state index contributed by atoms with van der Waals surface area (Å²) in [7, 11) is -9.70. The van der Waals surface area contributed by atoms with Gasteiger partial charge in [0.05, 0.1) is 12.7 Å². The number of hydrogen-bond donors (Lipinski definition) is 1. The first-order chi connectivity index (χ1) is 17.5. The first kappa shape index (κ1) is 37.4. The van der Waals surface area contributed by atoms with Gasteiger partial charge in [-0.1, -0.05) is 37.1 Å². The van der Waals surface area contributed by atoms with E-state index >= 15 is 0 Å². The zero-order valence-electron chi connectivity index (χ0n) is 24.8. The van der Waals surface area contributed by atoms with Crippen LogP contribution in [-0.4, -0.2) is 49.9 Å². The van der Waals surface area contributed by atoms with Crippen molar-refractivity contribution in [2.75, 3.05) is 6.61 Å². The molecule has 0 amide bonds. The minimum atomic E-state index is -4.93. The van der Waals surface area contributed by atoms with E-state index in [4.69, 9.17) is 8.37 Å². The van der Waals surface area contributed by atoms with Gasteiger partial charge in [0.2, 0.25) is 20.8 Å². The Labute approximate surface area is 284 Å². The van der Waals surface area contributed by atoms with Gasteiger partial charge < -0.3 is 14.2 Å². The minimum Gasteiger partial charge on any atom is -0.726 e. The summed E-state index contributed by atoms with van der Waals surface area (Å²) in [6, 6.07) is 0. The Morgan fingerprint density at radius 3 is 2.38 bits per heavy atom. The van der Waals surface area contributed by atoms with Crippen molar-refractivity contribution in [2.45, 2.75) is 97.7 Å². The molecule has 40 heavy (non-hydrogen) atoms. The van der Waals surface area contributed by atoms with Gasteiger partial charge in [0, 0.05) is 0 Å². The van der Waals surface area contributed by atoms with Crippen LogP contribution in [0.4, 0.5) is 0 Å². The molecule has 218 valence electrons.